The summed E-state index contributed by atoms with van der Waals surface area (Å²) in [6.07, 6.45) is 3.13. The van der Waals surface area contributed by atoms with Gasteiger partial charge in [-0.15, -0.1) is 0 Å². The van der Waals surface area contributed by atoms with E-state index in [9.17, 15) is 9.90 Å². The van der Waals surface area contributed by atoms with Crippen molar-refractivity contribution in [3.8, 4) is 11.5 Å². The minimum atomic E-state index is -0.269. The Hall–Kier alpha value is -1.51. The summed E-state index contributed by atoms with van der Waals surface area (Å²) >= 11 is 0. The highest BCUT2D eigenvalue weighted by atomic mass is 16.5. The molecule has 0 fully saturated rings. The van der Waals surface area contributed by atoms with E-state index in [1.165, 1.54) is 0 Å². The van der Waals surface area contributed by atoms with Gasteiger partial charge < -0.3 is 9.84 Å². The van der Waals surface area contributed by atoms with Gasteiger partial charge in [-0.1, -0.05) is 6.07 Å². The Kier molecular flexibility index (Phi) is 2.39. The van der Waals surface area contributed by atoms with E-state index in [2.05, 4.69) is 0 Å². The van der Waals surface area contributed by atoms with Gasteiger partial charge in [0.25, 0.3) is 0 Å². The maximum Gasteiger partial charge on any atom is 0.311 e. The quantitative estimate of drug-likeness (QED) is 0.505. The molecule has 2 aliphatic rings. The molecule has 0 atom stereocenters. The number of aryl methyl sites for hydroxylation is 1. The van der Waals surface area contributed by atoms with Crippen LogP contribution in [0.3, 0.4) is 0 Å². The lowest BCUT2D eigenvalue weighted by molar-refractivity contribution is -0.134. The van der Waals surface area contributed by atoms with Gasteiger partial charge in [0, 0.05) is 6.42 Å². The number of fused-ring (bicyclic) bond motifs is 7. The van der Waals surface area contributed by atoms with Crippen LogP contribution in [0.4, 0.5) is 0 Å². The van der Waals surface area contributed by atoms with Crippen molar-refractivity contribution in [3.05, 3.63) is 23.8 Å². The molecule has 1 aromatic carbocycles. The minimum absolute atomic E-state index is 0.0535. The summed E-state index contributed by atoms with van der Waals surface area (Å²) < 4.78 is 4.99. The van der Waals surface area contributed by atoms with Gasteiger partial charge in [0.15, 0.2) is 11.5 Å². The van der Waals surface area contributed by atoms with Gasteiger partial charge in [0.05, 0.1) is 0 Å². The zero-order valence-corrected chi connectivity index (χ0v) is 7.82. The zero-order valence-electron chi connectivity index (χ0n) is 7.82. The number of carbonyl (C=O) groups excluding carboxylic acids is 1. The third-order valence-electron chi connectivity index (χ3n) is 2.34. The smallest absolute Gasteiger partial charge is 0.311 e. The molecule has 3 rings (SSSR count). The number of aromatic hydroxyl groups is 1. The van der Waals surface area contributed by atoms with Crippen molar-refractivity contribution in [1.82, 2.24) is 0 Å². The maximum atomic E-state index is 11.2. The molecule has 0 aromatic heterocycles. The van der Waals surface area contributed by atoms with E-state index in [1.807, 2.05) is 6.07 Å². The van der Waals surface area contributed by atoms with E-state index in [0.717, 1.165) is 24.8 Å². The van der Waals surface area contributed by atoms with Crippen LogP contribution in [0.1, 0.15) is 24.8 Å². The molecule has 2 bridgehead atoms. The van der Waals surface area contributed by atoms with Gasteiger partial charge in [-0.05, 0) is 37.0 Å². The molecular formula is C11H12O3. The Morgan fingerprint density at radius 3 is 2.79 bits per heavy atom. The zero-order chi connectivity index (χ0) is 9.97. The number of esters is 1. The first-order valence-electron chi connectivity index (χ1n) is 4.78. The average Bonchev–Trinajstić information content (AvgIpc) is 2.17. The molecule has 74 valence electrons. The van der Waals surface area contributed by atoms with E-state index in [4.69, 9.17) is 4.74 Å². The van der Waals surface area contributed by atoms with E-state index < -0.39 is 0 Å². The van der Waals surface area contributed by atoms with Gasteiger partial charge in [0.1, 0.15) is 0 Å². The maximum absolute atomic E-state index is 11.2. The van der Waals surface area contributed by atoms with Crippen molar-refractivity contribution in [2.45, 2.75) is 25.7 Å². The number of phenols is 1. The van der Waals surface area contributed by atoms with E-state index in [-0.39, 0.29) is 17.5 Å². The van der Waals surface area contributed by atoms with Crippen molar-refractivity contribution in [2.75, 3.05) is 0 Å². The first kappa shape index (κ1) is 9.06. The summed E-state index contributed by atoms with van der Waals surface area (Å²) in [4.78, 5) is 11.2. The molecule has 0 radical (unpaired) electrons. The van der Waals surface area contributed by atoms with E-state index in [0.29, 0.717) is 6.42 Å². The van der Waals surface area contributed by atoms with Gasteiger partial charge in [-0.3, -0.25) is 4.79 Å². The van der Waals surface area contributed by atoms with Crippen LogP contribution in [0.5, 0.6) is 11.5 Å². The van der Waals surface area contributed by atoms with Crippen molar-refractivity contribution in [3.63, 3.8) is 0 Å². The first-order chi connectivity index (χ1) is 6.75. The number of ether oxygens (including phenoxy) is 1. The predicted octanol–water partition coefficient (Wildman–Crippen LogP) is 2.02. The Morgan fingerprint density at radius 1 is 1.21 bits per heavy atom. The van der Waals surface area contributed by atoms with Gasteiger partial charge in [0.2, 0.25) is 0 Å². The summed E-state index contributed by atoms with van der Waals surface area (Å²) in [5.41, 5.74) is 1.09. The summed E-state index contributed by atoms with van der Waals surface area (Å²) in [7, 11) is 0. The van der Waals surface area contributed by atoms with Crippen molar-refractivity contribution in [2.24, 2.45) is 0 Å². The van der Waals surface area contributed by atoms with E-state index in [1.54, 1.807) is 12.1 Å². The SMILES string of the molecule is O=C1CCCCc2ccc(c(O)c2)O1. The minimum Gasteiger partial charge on any atom is -0.504 e. The summed E-state index contributed by atoms with van der Waals surface area (Å²) in [5, 5.41) is 9.51. The van der Waals surface area contributed by atoms with Crippen LogP contribution in [0.15, 0.2) is 18.2 Å². The van der Waals surface area contributed by atoms with Crippen LogP contribution in [-0.4, -0.2) is 11.1 Å². The third-order valence-corrected chi connectivity index (χ3v) is 2.34. The lowest BCUT2D eigenvalue weighted by Gasteiger charge is -2.10. The number of phenolic OH excluding ortho intramolecular Hbond substituents is 1. The Bertz CT molecular complexity index is 358. The number of rotatable bonds is 0. The summed E-state index contributed by atoms with van der Waals surface area (Å²) in [6.45, 7) is 0. The van der Waals surface area contributed by atoms with Gasteiger partial charge in [-0.2, -0.15) is 0 Å². The molecule has 3 heteroatoms. The molecule has 2 aliphatic heterocycles. The van der Waals surface area contributed by atoms with Crippen molar-refractivity contribution < 1.29 is 14.6 Å². The molecule has 0 saturated carbocycles. The van der Waals surface area contributed by atoms with Crippen molar-refractivity contribution >= 4 is 5.97 Å². The second-order valence-electron chi connectivity index (χ2n) is 3.48. The number of benzene rings is 1. The lowest BCUT2D eigenvalue weighted by atomic mass is 10.1. The fraction of sp³-hybridized carbons (Fsp3) is 0.364. The molecule has 0 amide bonds. The van der Waals surface area contributed by atoms with Crippen LogP contribution in [0.25, 0.3) is 0 Å². The average molecular weight is 192 g/mol. The van der Waals surface area contributed by atoms with Crippen LogP contribution in [0.2, 0.25) is 0 Å². The molecule has 0 saturated heterocycles. The largest absolute Gasteiger partial charge is 0.504 e. The number of hydrogen-bond acceptors (Lipinski definition) is 3. The molecule has 3 nitrogen and oxygen atoms in total. The van der Waals surface area contributed by atoms with Crippen molar-refractivity contribution in [1.29, 1.82) is 0 Å². The monoisotopic (exact) mass is 192 g/mol. The second kappa shape index (κ2) is 3.70. The molecule has 0 unspecified atom stereocenters. The lowest BCUT2D eigenvalue weighted by Crippen LogP contribution is -2.09. The predicted molar refractivity (Wildman–Crippen MR) is 51.3 cm³/mol. The molecule has 1 N–H and O–H groups in total. The van der Waals surface area contributed by atoms with Crippen LogP contribution in [0, 0.1) is 0 Å². The molecule has 0 aliphatic carbocycles. The van der Waals surface area contributed by atoms with Gasteiger partial charge >= 0.3 is 5.97 Å². The standard InChI is InChI=1S/C11H12O3/c12-9-7-8-3-1-2-4-11(13)14-10(9)6-5-8/h5-7,12H,1-4H2. The topological polar surface area (TPSA) is 46.5 Å². The first-order valence-corrected chi connectivity index (χ1v) is 4.78. The molecular weight excluding hydrogens is 180 g/mol. The summed E-state index contributed by atoms with van der Waals surface area (Å²) in [5.74, 6) is 0.0494. The van der Waals surface area contributed by atoms with Gasteiger partial charge in [-0.25, -0.2) is 0 Å². The Labute approximate surface area is 82.3 Å². The third kappa shape index (κ3) is 1.87. The highest BCUT2D eigenvalue weighted by molar-refractivity contribution is 5.73. The molecule has 0 spiro atoms. The fourth-order valence-corrected chi connectivity index (χ4v) is 1.58. The van der Waals surface area contributed by atoms with Crippen LogP contribution in [-0.2, 0) is 11.2 Å². The highest BCUT2D eigenvalue weighted by Gasteiger charge is 2.11. The Balaban J connectivity index is 2.35. The number of hydrogen-bond donors (Lipinski definition) is 1. The second-order valence-corrected chi connectivity index (χ2v) is 3.48. The normalized spacial score (nSPS) is 16.4. The van der Waals surface area contributed by atoms with E-state index >= 15 is 0 Å². The Morgan fingerprint density at radius 2 is 2.00 bits per heavy atom. The molecule has 2 heterocycles. The molecule has 14 heavy (non-hydrogen) atoms. The summed E-state index contributed by atoms with van der Waals surface area (Å²) in [6, 6.07) is 5.19. The van der Waals surface area contributed by atoms with Crippen LogP contribution < -0.4 is 4.74 Å². The number of carbonyl (C=O) groups is 1. The van der Waals surface area contributed by atoms with Crippen LogP contribution >= 0.6 is 0 Å². The highest BCUT2D eigenvalue weighted by Crippen LogP contribution is 2.28. The molecule has 1 aromatic rings. The fourth-order valence-electron chi connectivity index (χ4n) is 1.58.